The van der Waals surface area contributed by atoms with Crippen molar-refractivity contribution in [2.24, 2.45) is 0 Å². The van der Waals surface area contributed by atoms with Crippen LogP contribution in [0, 0.1) is 0 Å². The average Bonchev–Trinajstić information content (AvgIpc) is 4.06. The van der Waals surface area contributed by atoms with Gasteiger partial charge in [-0.05, 0) is 115 Å². The van der Waals surface area contributed by atoms with Crippen molar-refractivity contribution in [2.45, 2.75) is 5.41 Å². The molecule has 14 rings (SSSR count). The summed E-state index contributed by atoms with van der Waals surface area (Å²) in [6, 6.07) is 90.0. The van der Waals surface area contributed by atoms with Crippen molar-refractivity contribution < 1.29 is 8.83 Å². The lowest BCUT2D eigenvalue weighted by Gasteiger charge is -2.35. The van der Waals surface area contributed by atoms with E-state index in [2.05, 4.69) is 248 Å². The molecular weight excluding hydrogens is 827 g/mol. The summed E-state index contributed by atoms with van der Waals surface area (Å²) in [5, 5.41) is 6.55. The molecule has 68 heavy (non-hydrogen) atoms. The van der Waals surface area contributed by atoms with E-state index in [4.69, 9.17) is 8.83 Å². The van der Waals surface area contributed by atoms with Gasteiger partial charge in [-0.25, -0.2) is 0 Å². The molecule has 0 radical (unpaired) electrons. The molecule has 13 aromatic rings. The monoisotopic (exact) mass is 867 g/mol. The number of furan rings is 2. The van der Waals surface area contributed by atoms with E-state index in [0.29, 0.717) is 0 Å². The normalized spacial score (nSPS) is 12.8. The van der Waals surface area contributed by atoms with E-state index in [0.717, 1.165) is 83.2 Å². The Labute approximate surface area is 393 Å². The van der Waals surface area contributed by atoms with Crippen LogP contribution in [0.1, 0.15) is 22.3 Å². The highest BCUT2D eigenvalue weighted by Crippen LogP contribution is 2.57. The van der Waals surface area contributed by atoms with Crippen LogP contribution >= 0.6 is 0 Å². The first-order chi connectivity index (χ1) is 33.7. The third-order valence-corrected chi connectivity index (χ3v) is 14.3. The lowest BCUT2D eigenvalue weighted by molar-refractivity contribution is 0.664. The Kier molecular flexibility index (Phi) is 8.50. The van der Waals surface area contributed by atoms with Gasteiger partial charge in [-0.3, -0.25) is 0 Å². The topological polar surface area (TPSA) is 29.5 Å². The zero-order valence-corrected chi connectivity index (χ0v) is 36.9. The van der Waals surface area contributed by atoms with Gasteiger partial charge in [-0.1, -0.05) is 188 Å². The van der Waals surface area contributed by atoms with Gasteiger partial charge in [0.15, 0.2) is 0 Å². The van der Waals surface area contributed by atoms with Crippen molar-refractivity contribution >= 4 is 71.7 Å². The summed E-state index contributed by atoms with van der Waals surface area (Å²) in [5.41, 5.74) is 17.8. The molecule has 0 bridgehead atoms. The van der Waals surface area contributed by atoms with Gasteiger partial charge in [0.1, 0.15) is 22.3 Å². The second-order valence-electron chi connectivity index (χ2n) is 18.0. The molecule has 2 heterocycles. The van der Waals surface area contributed by atoms with E-state index >= 15 is 0 Å². The minimum absolute atomic E-state index is 0.551. The Bertz CT molecular complexity index is 4050. The fourth-order valence-corrected chi connectivity index (χ4v) is 11.3. The predicted octanol–water partition coefficient (Wildman–Crippen LogP) is 17.8. The maximum Gasteiger partial charge on any atom is 0.144 e. The smallest absolute Gasteiger partial charge is 0.144 e. The predicted molar refractivity (Wildman–Crippen MR) is 281 cm³/mol. The average molecular weight is 868 g/mol. The minimum atomic E-state index is -0.551. The first-order valence-corrected chi connectivity index (χ1v) is 23.3. The van der Waals surface area contributed by atoms with Crippen molar-refractivity contribution in [2.75, 3.05) is 4.90 Å². The molecule has 0 fully saturated rings. The Balaban J connectivity index is 1.02. The van der Waals surface area contributed by atoms with Gasteiger partial charge in [0.2, 0.25) is 0 Å². The van der Waals surface area contributed by atoms with Crippen molar-refractivity contribution in [1.82, 2.24) is 0 Å². The van der Waals surface area contributed by atoms with E-state index in [-0.39, 0.29) is 0 Å². The van der Waals surface area contributed by atoms with Crippen LogP contribution in [0.5, 0.6) is 0 Å². The summed E-state index contributed by atoms with van der Waals surface area (Å²) in [6.45, 7) is 0. The second-order valence-corrected chi connectivity index (χ2v) is 18.0. The molecule has 0 amide bonds. The van der Waals surface area contributed by atoms with Gasteiger partial charge < -0.3 is 13.7 Å². The highest BCUT2D eigenvalue weighted by molar-refractivity contribution is 6.24. The Morgan fingerprint density at radius 1 is 0.324 bits per heavy atom. The second kappa shape index (κ2) is 15.1. The van der Waals surface area contributed by atoms with Crippen LogP contribution in [0.4, 0.5) is 17.1 Å². The molecule has 0 unspecified atom stereocenters. The molecular formula is C65H41NO2. The number of nitrogens with zero attached hydrogens (tertiary/aromatic N) is 1. The van der Waals surface area contributed by atoms with Crippen molar-refractivity contribution in [3.8, 4) is 33.4 Å². The summed E-state index contributed by atoms with van der Waals surface area (Å²) >= 11 is 0. The number of fused-ring (bicyclic) bond motifs is 10. The van der Waals surface area contributed by atoms with E-state index in [9.17, 15) is 0 Å². The maximum atomic E-state index is 7.23. The highest BCUT2D eigenvalue weighted by atomic mass is 16.3. The van der Waals surface area contributed by atoms with Crippen LogP contribution in [-0.2, 0) is 5.41 Å². The summed E-state index contributed by atoms with van der Waals surface area (Å²) in [7, 11) is 0. The molecule has 318 valence electrons. The van der Waals surface area contributed by atoms with Crippen LogP contribution in [-0.4, -0.2) is 0 Å². The number of hydrogen-bond donors (Lipinski definition) is 0. The molecule has 0 aliphatic heterocycles. The Hall–Kier alpha value is -8.92. The third kappa shape index (κ3) is 5.72. The Morgan fingerprint density at radius 2 is 0.971 bits per heavy atom. The summed E-state index contributed by atoms with van der Waals surface area (Å²) < 4.78 is 13.9. The lowest BCUT2D eigenvalue weighted by Crippen LogP contribution is -2.28. The van der Waals surface area contributed by atoms with Crippen molar-refractivity contribution in [3.05, 3.63) is 271 Å². The standard InChI is InChI=1S/C65H41NO2/c1-4-17-42(18-5-1)45-21-16-26-49(38-45)66(50-33-35-53-52-27-12-14-29-57(52)65(58(53)39-50,47-22-6-2-7-23-47)48-24-8-3-9-25-48)51-34-36-54-56-41-61-63(55-28-13-15-30-59(55)67-61)62(64(56)68-60(54)40-51)46-32-31-43-19-10-11-20-44(43)37-46/h1-41H. The van der Waals surface area contributed by atoms with Gasteiger partial charge in [0, 0.05) is 50.2 Å². The summed E-state index contributed by atoms with van der Waals surface area (Å²) in [6.07, 6.45) is 0. The molecule has 3 heteroatoms. The summed E-state index contributed by atoms with van der Waals surface area (Å²) in [4.78, 5) is 2.40. The fraction of sp³-hybridized carbons (Fsp3) is 0.0154. The third-order valence-electron chi connectivity index (χ3n) is 14.3. The number of anilines is 3. The van der Waals surface area contributed by atoms with Crippen LogP contribution in [0.2, 0.25) is 0 Å². The van der Waals surface area contributed by atoms with Crippen LogP contribution < -0.4 is 4.90 Å². The van der Waals surface area contributed by atoms with Crippen molar-refractivity contribution in [3.63, 3.8) is 0 Å². The van der Waals surface area contributed by atoms with Crippen LogP contribution in [0.25, 0.3) is 88.0 Å². The van der Waals surface area contributed by atoms with E-state index < -0.39 is 5.41 Å². The quantitative estimate of drug-likeness (QED) is 0.160. The molecule has 0 spiro atoms. The Morgan fingerprint density at radius 3 is 1.79 bits per heavy atom. The molecule has 11 aromatic carbocycles. The zero-order valence-electron chi connectivity index (χ0n) is 36.9. The SMILES string of the molecule is c1ccc(-c2cccc(N(c3ccc4c(c3)C(c3ccccc3)(c3ccccc3)c3ccccc3-4)c3ccc4c(c3)oc3c(-c5ccc6ccccc6c5)c5c(cc34)oc3ccccc35)c2)cc1. The maximum absolute atomic E-state index is 7.23. The van der Waals surface area contributed by atoms with Gasteiger partial charge >= 0.3 is 0 Å². The molecule has 1 aliphatic rings. The first-order valence-electron chi connectivity index (χ1n) is 23.3. The molecule has 0 atom stereocenters. The van der Waals surface area contributed by atoms with E-state index in [1.807, 2.05) is 6.07 Å². The molecule has 2 aromatic heterocycles. The minimum Gasteiger partial charge on any atom is -0.456 e. The fourth-order valence-electron chi connectivity index (χ4n) is 11.3. The van der Waals surface area contributed by atoms with Gasteiger partial charge in [-0.15, -0.1) is 0 Å². The van der Waals surface area contributed by atoms with Gasteiger partial charge in [-0.2, -0.15) is 0 Å². The number of benzene rings is 11. The van der Waals surface area contributed by atoms with Crippen LogP contribution in [0.3, 0.4) is 0 Å². The van der Waals surface area contributed by atoms with Gasteiger partial charge in [0.25, 0.3) is 0 Å². The first kappa shape index (κ1) is 38.4. The van der Waals surface area contributed by atoms with Gasteiger partial charge in [0.05, 0.1) is 5.41 Å². The van der Waals surface area contributed by atoms with Crippen LogP contribution in [0.15, 0.2) is 258 Å². The zero-order chi connectivity index (χ0) is 44.8. The van der Waals surface area contributed by atoms with E-state index in [1.165, 1.54) is 44.2 Å². The summed E-state index contributed by atoms with van der Waals surface area (Å²) in [5.74, 6) is 0. The lowest BCUT2D eigenvalue weighted by atomic mass is 9.67. The number of rotatable bonds is 7. The highest BCUT2D eigenvalue weighted by Gasteiger charge is 2.46. The molecule has 0 saturated heterocycles. The van der Waals surface area contributed by atoms with E-state index in [1.54, 1.807) is 0 Å². The van der Waals surface area contributed by atoms with Crippen molar-refractivity contribution in [1.29, 1.82) is 0 Å². The molecule has 0 N–H and O–H groups in total. The molecule has 3 nitrogen and oxygen atoms in total. The number of para-hydroxylation sites is 1. The number of hydrogen-bond acceptors (Lipinski definition) is 3. The largest absolute Gasteiger partial charge is 0.456 e. The molecule has 0 saturated carbocycles. The molecule has 1 aliphatic carbocycles.